The Bertz CT molecular complexity index is 1440. The molecule has 6 rings (SSSR count). The molecule has 13 heteroatoms. The van der Waals surface area contributed by atoms with E-state index in [0.717, 1.165) is 53.9 Å². The van der Waals surface area contributed by atoms with Gasteiger partial charge in [0.1, 0.15) is 5.82 Å². The van der Waals surface area contributed by atoms with Crippen LogP contribution in [-0.2, 0) is 14.6 Å². The molecule has 2 atom stereocenters. The molecule has 0 radical (unpaired) electrons. The summed E-state index contributed by atoms with van der Waals surface area (Å²) in [4.78, 5) is 19.7. The Balaban J connectivity index is 1.21. The molecule has 3 aromatic rings. The van der Waals surface area contributed by atoms with Crippen LogP contribution in [0.25, 0.3) is 5.65 Å². The lowest BCUT2D eigenvalue weighted by Gasteiger charge is -2.41. The zero-order chi connectivity index (χ0) is 25.9. The Morgan fingerprint density at radius 1 is 1.14 bits per heavy atom. The molecule has 6 heterocycles. The number of ether oxygens (including phenoxy) is 1. The number of pyridine rings is 1. The summed E-state index contributed by atoms with van der Waals surface area (Å²) < 4.78 is 31.5. The van der Waals surface area contributed by atoms with Crippen LogP contribution in [0.5, 0.6) is 0 Å². The quantitative estimate of drug-likeness (QED) is 0.496. The van der Waals surface area contributed by atoms with Gasteiger partial charge in [-0.1, -0.05) is 23.4 Å². The van der Waals surface area contributed by atoms with Crippen LogP contribution in [0.3, 0.4) is 0 Å². The number of anilines is 2. The van der Waals surface area contributed by atoms with Gasteiger partial charge in [0.2, 0.25) is 5.95 Å². The van der Waals surface area contributed by atoms with Crippen molar-refractivity contribution >= 4 is 50.6 Å². The first-order chi connectivity index (χ1) is 17.7. The number of rotatable bonds is 5. The third-order valence-electron chi connectivity index (χ3n) is 8.07. The average molecular weight is 564 g/mol. The summed E-state index contributed by atoms with van der Waals surface area (Å²) in [5.41, 5.74) is 7.35. The summed E-state index contributed by atoms with van der Waals surface area (Å²) in [5.74, 6) is 1.46. The highest BCUT2D eigenvalue weighted by Crippen LogP contribution is 2.43. The van der Waals surface area contributed by atoms with Gasteiger partial charge in [-0.25, -0.2) is 23.4 Å². The molecule has 0 saturated carbocycles. The molecule has 3 aliphatic rings. The monoisotopic (exact) mass is 563 g/mol. The van der Waals surface area contributed by atoms with Crippen molar-refractivity contribution in [3.8, 4) is 0 Å². The first-order valence-electron chi connectivity index (χ1n) is 12.4. The first-order valence-corrected chi connectivity index (χ1v) is 15.5. The van der Waals surface area contributed by atoms with E-state index >= 15 is 0 Å². The number of halogens is 1. The highest BCUT2D eigenvalue weighted by molar-refractivity contribution is 7.99. The summed E-state index contributed by atoms with van der Waals surface area (Å²) in [6.07, 6.45) is 10.6. The van der Waals surface area contributed by atoms with E-state index in [1.165, 1.54) is 18.0 Å². The lowest BCUT2D eigenvalue weighted by molar-refractivity contribution is 0.0973. The molecule has 0 aliphatic carbocycles. The Labute approximate surface area is 225 Å². The number of aromatic nitrogens is 4. The minimum Gasteiger partial charge on any atom is -0.376 e. The van der Waals surface area contributed by atoms with Gasteiger partial charge in [-0.05, 0) is 25.8 Å². The minimum atomic E-state index is -3.08. The van der Waals surface area contributed by atoms with Crippen LogP contribution < -0.4 is 15.5 Å². The largest absolute Gasteiger partial charge is 0.376 e. The van der Waals surface area contributed by atoms with E-state index in [1.807, 2.05) is 27.8 Å². The molecule has 37 heavy (non-hydrogen) atoms. The second-order valence-corrected chi connectivity index (χ2v) is 14.1. The van der Waals surface area contributed by atoms with Gasteiger partial charge in [-0.2, -0.15) is 0 Å². The number of hydrogen-bond donors (Lipinski definition) is 1. The van der Waals surface area contributed by atoms with E-state index in [9.17, 15) is 8.42 Å². The number of piperidine rings is 1. The normalized spacial score (nSPS) is 24.2. The Hall–Kier alpha value is -2.12. The molecule has 0 amide bonds. The van der Waals surface area contributed by atoms with Crippen molar-refractivity contribution in [2.24, 2.45) is 11.1 Å². The van der Waals surface area contributed by atoms with Crippen molar-refractivity contribution in [2.75, 3.05) is 48.8 Å². The predicted octanol–water partition coefficient (Wildman–Crippen LogP) is 2.49. The van der Waals surface area contributed by atoms with Crippen LogP contribution in [-0.4, -0.2) is 84.2 Å². The van der Waals surface area contributed by atoms with Crippen LogP contribution in [0.2, 0.25) is 5.02 Å². The molecule has 1 spiro atoms. The Kier molecular flexibility index (Phi) is 6.30. The number of hydrogen-bond acceptors (Lipinski definition) is 10. The van der Waals surface area contributed by atoms with Crippen molar-refractivity contribution in [2.45, 2.75) is 47.0 Å². The highest BCUT2D eigenvalue weighted by Gasteiger charge is 2.47. The van der Waals surface area contributed by atoms with Crippen LogP contribution in [0.4, 0.5) is 11.8 Å². The SMILES string of the molecule is C[C@@H]1OCC2(CCN(c3ncc(Sc4ccnc(N5CC(S(C)(=O)=O)C5)c4Cl)c4nccn34)CC2)C1N. The molecule has 3 aliphatic heterocycles. The summed E-state index contributed by atoms with van der Waals surface area (Å²) >= 11 is 8.21. The van der Waals surface area contributed by atoms with Gasteiger partial charge in [-0.15, -0.1) is 0 Å². The molecule has 3 saturated heterocycles. The molecule has 10 nitrogen and oxygen atoms in total. The molecule has 3 fully saturated rings. The maximum Gasteiger partial charge on any atom is 0.211 e. The van der Waals surface area contributed by atoms with Gasteiger partial charge < -0.3 is 20.3 Å². The molecule has 0 aromatic carbocycles. The van der Waals surface area contributed by atoms with E-state index in [4.69, 9.17) is 27.1 Å². The topological polar surface area (TPSA) is 119 Å². The summed E-state index contributed by atoms with van der Waals surface area (Å²) in [5, 5.41) is 0.117. The van der Waals surface area contributed by atoms with Crippen molar-refractivity contribution < 1.29 is 13.2 Å². The zero-order valence-corrected chi connectivity index (χ0v) is 23.1. The summed E-state index contributed by atoms with van der Waals surface area (Å²) in [6.45, 7) is 5.31. The zero-order valence-electron chi connectivity index (χ0n) is 20.7. The van der Waals surface area contributed by atoms with Crippen LogP contribution in [0, 0.1) is 5.41 Å². The van der Waals surface area contributed by atoms with Crippen molar-refractivity contribution in [3.05, 3.63) is 35.9 Å². The van der Waals surface area contributed by atoms with Crippen molar-refractivity contribution in [3.63, 3.8) is 0 Å². The maximum atomic E-state index is 11.8. The molecular weight excluding hydrogens is 534 g/mol. The molecule has 198 valence electrons. The van der Waals surface area contributed by atoms with Gasteiger partial charge in [0.25, 0.3) is 0 Å². The number of nitrogens with zero attached hydrogens (tertiary/aromatic N) is 6. The van der Waals surface area contributed by atoms with E-state index in [0.29, 0.717) is 23.9 Å². The second-order valence-electron chi connectivity index (χ2n) is 10.3. The average Bonchev–Trinajstić information content (AvgIpc) is 3.43. The van der Waals surface area contributed by atoms with Gasteiger partial charge in [0.15, 0.2) is 15.5 Å². The predicted molar refractivity (Wildman–Crippen MR) is 144 cm³/mol. The maximum absolute atomic E-state index is 11.8. The Morgan fingerprint density at radius 2 is 1.89 bits per heavy atom. The van der Waals surface area contributed by atoms with Crippen LogP contribution in [0.15, 0.2) is 40.6 Å². The number of imidazole rings is 1. The van der Waals surface area contributed by atoms with Crippen LogP contribution in [0.1, 0.15) is 19.8 Å². The number of sulfone groups is 1. The van der Waals surface area contributed by atoms with Gasteiger partial charge >= 0.3 is 0 Å². The third-order valence-corrected chi connectivity index (χ3v) is 11.1. The lowest BCUT2D eigenvalue weighted by atomic mass is 9.73. The molecule has 2 N–H and O–H groups in total. The fraction of sp³-hybridized carbons (Fsp3) is 0.542. The molecular formula is C24H30ClN7O3S2. The van der Waals surface area contributed by atoms with Gasteiger partial charge in [-0.3, -0.25) is 4.40 Å². The van der Waals surface area contributed by atoms with E-state index in [-0.39, 0.29) is 22.8 Å². The second kappa shape index (κ2) is 9.26. The fourth-order valence-corrected chi connectivity index (χ4v) is 7.67. The van der Waals surface area contributed by atoms with Gasteiger partial charge in [0.05, 0.1) is 27.9 Å². The highest BCUT2D eigenvalue weighted by atomic mass is 35.5. The van der Waals surface area contributed by atoms with Crippen molar-refractivity contribution in [1.29, 1.82) is 0 Å². The summed E-state index contributed by atoms with van der Waals surface area (Å²) in [7, 11) is -3.08. The molecule has 3 aromatic heterocycles. The van der Waals surface area contributed by atoms with Crippen molar-refractivity contribution in [1.82, 2.24) is 19.4 Å². The molecule has 0 bridgehead atoms. The minimum absolute atomic E-state index is 0.0490. The first kappa shape index (κ1) is 25.2. The number of fused-ring (bicyclic) bond motifs is 1. The lowest BCUT2D eigenvalue weighted by Crippen LogP contribution is -2.55. The third kappa shape index (κ3) is 4.36. The van der Waals surface area contributed by atoms with E-state index < -0.39 is 9.84 Å². The smallest absolute Gasteiger partial charge is 0.211 e. The molecule has 1 unspecified atom stereocenters. The standard InChI is InChI=1S/C24H30ClN7O3S2/c1-15-20(26)24(14-35-15)4-8-30(9-5-24)23-29-11-18(21-28-7-10-32(21)23)36-17-3-6-27-22(19(17)25)31-12-16(13-31)37(2,33)34/h3,6-7,10-11,15-16,20H,4-5,8-9,12-14,26H2,1-2H3/t15-,20?/m0/s1. The Morgan fingerprint density at radius 3 is 2.57 bits per heavy atom. The number of nitrogens with two attached hydrogens (primary N) is 1. The fourth-order valence-electron chi connectivity index (χ4n) is 5.53. The van der Waals surface area contributed by atoms with Gasteiger partial charge in [0, 0.05) is 73.6 Å². The summed E-state index contributed by atoms with van der Waals surface area (Å²) in [6, 6.07) is 1.92. The van der Waals surface area contributed by atoms with Crippen LogP contribution >= 0.6 is 23.4 Å². The van der Waals surface area contributed by atoms with E-state index in [2.05, 4.69) is 21.8 Å². The van der Waals surface area contributed by atoms with E-state index in [1.54, 1.807) is 12.4 Å².